The number of carbonyl (C=O) groups is 1. The number of nitrogens with zero attached hydrogens (tertiary/aromatic N) is 4. The van der Waals surface area contributed by atoms with Gasteiger partial charge in [0.25, 0.3) is 5.91 Å². The summed E-state index contributed by atoms with van der Waals surface area (Å²) < 4.78 is 43.3. The highest BCUT2D eigenvalue weighted by Crippen LogP contribution is 2.30. The highest BCUT2D eigenvalue weighted by molar-refractivity contribution is 5.95. The summed E-state index contributed by atoms with van der Waals surface area (Å²) in [6.07, 6.45) is -3.75. The Hall–Kier alpha value is -3.67. The van der Waals surface area contributed by atoms with E-state index in [-0.39, 0.29) is 23.4 Å². The van der Waals surface area contributed by atoms with Gasteiger partial charge in [0, 0.05) is 30.7 Å². The van der Waals surface area contributed by atoms with E-state index in [0.29, 0.717) is 35.9 Å². The van der Waals surface area contributed by atoms with Crippen LogP contribution in [0.3, 0.4) is 0 Å². The first kappa shape index (κ1) is 18.7. The number of amides is 1. The summed E-state index contributed by atoms with van der Waals surface area (Å²) in [6, 6.07) is 12.4. The standard InChI is InChI=1S/C20H13F3N4O2/c21-20(22,23)14-2-6-18(25-9-14)29-15-3-5-16-13(7-15)1-4-17(26-16)19(28)27-10-12(8-24)11-27/h1-7,9,12H,10-11H2. The molecule has 6 nitrogen and oxygen atoms in total. The molecule has 9 heteroatoms. The van der Waals surface area contributed by atoms with Crippen molar-refractivity contribution in [2.75, 3.05) is 13.1 Å². The minimum Gasteiger partial charge on any atom is -0.439 e. The molecule has 0 saturated carbocycles. The highest BCUT2D eigenvalue weighted by Gasteiger charge is 2.32. The van der Waals surface area contributed by atoms with Crippen LogP contribution in [0.5, 0.6) is 11.6 Å². The maximum Gasteiger partial charge on any atom is 0.417 e. The zero-order valence-electron chi connectivity index (χ0n) is 14.8. The molecule has 146 valence electrons. The maximum atomic E-state index is 12.6. The Morgan fingerprint density at radius 3 is 2.62 bits per heavy atom. The number of pyridine rings is 2. The fourth-order valence-corrected chi connectivity index (χ4v) is 2.90. The molecule has 0 spiro atoms. The zero-order valence-corrected chi connectivity index (χ0v) is 14.8. The lowest BCUT2D eigenvalue weighted by molar-refractivity contribution is -0.137. The number of likely N-dealkylation sites (tertiary alicyclic amines) is 1. The van der Waals surface area contributed by atoms with Gasteiger partial charge in [-0.3, -0.25) is 4.79 Å². The SMILES string of the molecule is N#CC1CN(C(=O)c2ccc3cc(Oc4ccc(C(F)(F)F)cn4)ccc3n2)C1. The molecule has 1 aliphatic rings. The average molecular weight is 398 g/mol. The van der Waals surface area contributed by atoms with Crippen LogP contribution in [0.15, 0.2) is 48.7 Å². The first-order valence-electron chi connectivity index (χ1n) is 8.64. The molecule has 0 radical (unpaired) electrons. The van der Waals surface area contributed by atoms with E-state index in [1.807, 2.05) is 0 Å². The molecule has 1 aliphatic heterocycles. The van der Waals surface area contributed by atoms with Crippen molar-refractivity contribution in [1.29, 1.82) is 5.26 Å². The molecule has 0 atom stereocenters. The van der Waals surface area contributed by atoms with E-state index < -0.39 is 11.7 Å². The molecule has 4 rings (SSSR count). The minimum atomic E-state index is -4.46. The van der Waals surface area contributed by atoms with Gasteiger partial charge in [-0.1, -0.05) is 6.07 Å². The summed E-state index contributed by atoms with van der Waals surface area (Å²) in [7, 11) is 0. The van der Waals surface area contributed by atoms with Gasteiger partial charge in [-0.25, -0.2) is 9.97 Å². The van der Waals surface area contributed by atoms with Crippen LogP contribution in [-0.2, 0) is 6.18 Å². The molecular weight excluding hydrogens is 385 g/mol. The first-order valence-corrected chi connectivity index (χ1v) is 8.64. The topological polar surface area (TPSA) is 79.1 Å². The lowest BCUT2D eigenvalue weighted by Gasteiger charge is -2.34. The number of fused-ring (bicyclic) bond motifs is 1. The summed E-state index contributed by atoms with van der Waals surface area (Å²) in [5.41, 5.74) is 0.000880. The van der Waals surface area contributed by atoms with Crippen LogP contribution in [0, 0.1) is 17.2 Å². The van der Waals surface area contributed by atoms with Gasteiger partial charge in [0.15, 0.2) is 0 Å². The van der Waals surface area contributed by atoms with Crippen LogP contribution >= 0.6 is 0 Å². The number of halogens is 3. The molecule has 29 heavy (non-hydrogen) atoms. The molecule has 0 N–H and O–H groups in total. The summed E-state index contributed by atoms with van der Waals surface area (Å²) in [4.78, 5) is 22.0. The van der Waals surface area contributed by atoms with Crippen LogP contribution < -0.4 is 4.74 Å². The Kier molecular flexibility index (Phi) is 4.54. The molecule has 2 aromatic heterocycles. The Labute approximate surface area is 163 Å². The fourth-order valence-electron chi connectivity index (χ4n) is 2.90. The normalized spacial score (nSPS) is 14.3. The van der Waals surface area contributed by atoms with Crippen molar-refractivity contribution in [1.82, 2.24) is 14.9 Å². The number of hydrogen-bond acceptors (Lipinski definition) is 5. The van der Waals surface area contributed by atoms with E-state index in [4.69, 9.17) is 10.00 Å². The molecule has 0 unspecified atom stereocenters. The van der Waals surface area contributed by atoms with E-state index in [1.165, 1.54) is 0 Å². The van der Waals surface area contributed by atoms with Crippen LogP contribution in [0.2, 0.25) is 0 Å². The quantitative estimate of drug-likeness (QED) is 0.665. The van der Waals surface area contributed by atoms with Crippen LogP contribution in [0.4, 0.5) is 13.2 Å². The van der Waals surface area contributed by atoms with Crippen LogP contribution in [0.1, 0.15) is 16.1 Å². The van der Waals surface area contributed by atoms with E-state index >= 15 is 0 Å². The second-order valence-corrected chi connectivity index (χ2v) is 6.57. The number of carbonyl (C=O) groups excluding carboxylic acids is 1. The number of rotatable bonds is 3. The van der Waals surface area contributed by atoms with Gasteiger partial charge in [-0.15, -0.1) is 0 Å². The average Bonchev–Trinajstić information content (AvgIpc) is 2.66. The number of alkyl halides is 3. The summed E-state index contributed by atoms with van der Waals surface area (Å²) in [5, 5.41) is 9.51. The van der Waals surface area contributed by atoms with E-state index in [2.05, 4.69) is 16.0 Å². The van der Waals surface area contributed by atoms with Gasteiger partial charge in [-0.2, -0.15) is 18.4 Å². The van der Waals surface area contributed by atoms with E-state index in [9.17, 15) is 18.0 Å². The smallest absolute Gasteiger partial charge is 0.417 e. The van der Waals surface area contributed by atoms with Crippen LogP contribution in [-0.4, -0.2) is 33.9 Å². The van der Waals surface area contributed by atoms with Gasteiger partial charge in [0.2, 0.25) is 5.88 Å². The molecule has 0 aliphatic carbocycles. The number of benzene rings is 1. The Morgan fingerprint density at radius 2 is 1.97 bits per heavy atom. The van der Waals surface area contributed by atoms with Crippen molar-refractivity contribution < 1.29 is 22.7 Å². The Morgan fingerprint density at radius 1 is 1.17 bits per heavy atom. The lowest BCUT2D eigenvalue weighted by Crippen LogP contribution is -2.49. The molecule has 0 bridgehead atoms. The fraction of sp³-hybridized carbons (Fsp3) is 0.200. The molecule has 1 amide bonds. The van der Waals surface area contributed by atoms with Crippen molar-refractivity contribution in [3.8, 4) is 17.7 Å². The first-order chi connectivity index (χ1) is 13.8. The summed E-state index contributed by atoms with van der Waals surface area (Å²) in [6.45, 7) is 0.809. The number of nitriles is 1. The van der Waals surface area contributed by atoms with Gasteiger partial charge in [0.05, 0.1) is 23.1 Å². The molecule has 1 fully saturated rings. The highest BCUT2D eigenvalue weighted by atomic mass is 19.4. The third-order valence-corrected chi connectivity index (χ3v) is 4.52. The summed E-state index contributed by atoms with van der Waals surface area (Å²) >= 11 is 0. The molecule has 3 heterocycles. The largest absolute Gasteiger partial charge is 0.439 e. The Balaban J connectivity index is 1.50. The number of ether oxygens (including phenoxy) is 1. The summed E-state index contributed by atoms with van der Waals surface area (Å²) in [5.74, 6) is 0.0535. The maximum absolute atomic E-state index is 12.6. The lowest BCUT2D eigenvalue weighted by atomic mass is 10.0. The molecule has 1 saturated heterocycles. The van der Waals surface area contributed by atoms with Crippen LogP contribution in [0.25, 0.3) is 10.9 Å². The predicted molar refractivity (Wildman–Crippen MR) is 96.1 cm³/mol. The third kappa shape index (κ3) is 3.82. The molecular formula is C20H13F3N4O2. The monoisotopic (exact) mass is 398 g/mol. The van der Waals surface area contributed by atoms with Crippen molar-refractivity contribution in [2.24, 2.45) is 5.92 Å². The van der Waals surface area contributed by atoms with E-state index in [1.54, 1.807) is 35.2 Å². The predicted octanol–water partition coefficient (Wildman–Crippen LogP) is 4.04. The van der Waals surface area contributed by atoms with Crippen molar-refractivity contribution in [3.05, 3.63) is 59.9 Å². The number of hydrogen-bond donors (Lipinski definition) is 0. The second kappa shape index (κ2) is 7.05. The van der Waals surface area contributed by atoms with Crippen molar-refractivity contribution in [2.45, 2.75) is 6.18 Å². The Bertz CT molecular complexity index is 1120. The van der Waals surface area contributed by atoms with Crippen molar-refractivity contribution >= 4 is 16.8 Å². The molecule has 3 aromatic rings. The third-order valence-electron chi connectivity index (χ3n) is 4.52. The van der Waals surface area contributed by atoms with Gasteiger partial charge in [-0.05, 0) is 30.3 Å². The van der Waals surface area contributed by atoms with Gasteiger partial charge >= 0.3 is 6.18 Å². The minimum absolute atomic E-state index is 0.0296. The zero-order chi connectivity index (χ0) is 20.6. The van der Waals surface area contributed by atoms with Crippen molar-refractivity contribution in [3.63, 3.8) is 0 Å². The second-order valence-electron chi connectivity index (χ2n) is 6.57. The van der Waals surface area contributed by atoms with E-state index in [0.717, 1.165) is 12.1 Å². The van der Waals surface area contributed by atoms with Gasteiger partial charge < -0.3 is 9.64 Å². The molecule has 1 aromatic carbocycles. The number of aromatic nitrogens is 2. The van der Waals surface area contributed by atoms with Gasteiger partial charge in [0.1, 0.15) is 11.4 Å².